The van der Waals surface area contributed by atoms with Gasteiger partial charge in [-0.15, -0.1) is 0 Å². The Kier molecular flexibility index (Phi) is 5.37. The molecule has 0 saturated heterocycles. The number of nitrogens with zero attached hydrogens (tertiary/aromatic N) is 1. The molecule has 0 aliphatic heterocycles. The van der Waals surface area contributed by atoms with Crippen LogP contribution >= 0.6 is 15.9 Å². The lowest BCUT2D eigenvalue weighted by Crippen LogP contribution is -2.11. The van der Waals surface area contributed by atoms with E-state index in [2.05, 4.69) is 154 Å². The number of hydrogen-bond donors (Lipinski definition) is 0. The van der Waals surface area contributed by atoms with Gasteiger partial charge in [0.2, 0.25) is 0 Å². The molecule has 0 heterocycles. The molecule has 0 aromatic heterocycles. The van der Waals surface area contributed by atoms with Gasteiger partial charge in [-0.1, -0.05) is 113 Å². The first-order chi connectivity index (χ1) is 16.8. The Morgan fingerprint density at radius 1 is 0.471 bits per heavy atom. The molecule has 34 heavy (non-hydrogen) atoms. The molecule has 0 atom stereocenters. The van der Waals surface area contributed by atoms with Gasteiger partial charge in [0.15, 0.2) is 0 Å². The molecule has 0 aliphatic rings. The van der Waals surface area contributed by atoms with Gasteiger partial charge in [0, 0.05) is 21.4 Å². The third kappa shape index (κ3) is 3.76. The Bertz CT molecular complexity index is 1620. The highest BCUT2D eigenvalue weighted by atomic mass is 79.9. The molecule has 0 aliphatic carbocycles. The van der Waals surface area contributed by atoms with Gasteiger partial charge in [-0.05, 0) is 63.5 Å². The Labute approximate surface area is 208 Å². The first kappa shape index (κ1) is 20.7. The zero-order valence-electron chi connectivity index (χ0n) is 18.5. The van der Waals surface area contributed by atoms with Crippen molar-refractivity contribution in [2.75, 3.05) is 4.90 Å². The van der Waals surface area contributed by atoms with Crippen molar-refractivity contribution < 1.29 is 0 Å². The summed E-state index contributed by atoms with van der Waals surface area (Å²) in [5, 5.41) is 5.03. The van der Waals surface area contributed by atoms with Crippen molar-refractivity contribution in [2.45, 2.75) is 0 Å². The van der Waals surface area contributed by atoms with Gasteiger partial charge in [0.05, 0.1) is 5.69 Å². The zero-order chi connectivity index (χ0) is 22.9. The lowest BCUT2D eigenvalue weighted by atomic mass is 9.99. The summed E-state index contributed by atoms with van der Waals surface area (Å²) in [6.45, 7) is 0. The van der Waals surface area contributed by atoms with E-state index in [0.29, 0.717) is 0 Å². The summed E-state index contributed by atoms with van der Waals surface area (Å²) >= 11 is 3.68. The topological polar surface area (TPSA) is 3.24 Å². The standard InChI is InChI=1S/C32H22BrN/c33-26-12-8-13-27(21-26)34(32-16-7-6-15-30(32)23-9-2-1-3-10-23)28-20-19-25-18-17-24-11-4-5-14-29(24)31(25)22-28/h1-22H. The van der Waals surface area contributed by atoms with E-state index >= 15 is 0 Å². The number of hydrogen-bond acceptors (Lipinski definition) is 1. The fraction of sp³-hybridized carbons (Fsp3) is 0. The fourth-order valence-electron chi connectivity index (χ4n) is 4.70. The summed E-state index contributed by atoms with van der Waals surface area (Å²) < 4.78 is 1.05. The molecule has 0 spiro atoms. The summed E-state index contributed by atoms with van der Waals surface area (Å²) in [5.74, 6) is 0. The summed E-state index contributed by atoms with van der Waals surface area (Å²) in [6, 6.07) is 47.5. The van der Waals surface area contributed by atoms with Crippen molar-refractivity contribution in [3.05, 3.63) is 138 Å². The summed E-state index contributed by atoms with van der Waals surface area (Å²) in [5.41, 5.74) is 5.78. The highest BCUT2D eigenvalue weighted by Crippen LogP contribution is 2.42. The minimum absolute atomic E-state index is 1.05. The van der Waals surface area contributed by atoms with Crippen LogP contribution in [0, 0.1) is 0 Å². The molecule has 6 rings (SSSR count). The van der Waals surface area contributed by atoms with Gasteiger partial charge >= 0.3 is 0 Å². The zero-order valence-corrected chi connectivity index (χ0v) is 20.1. The Balaban J connectivity index is 1.63. The second-order valence-electron chi connectivity index (χ2n) is 8.39. The fourth-order valence-corrected chi connectivity index (χ4v) is 5.09. The molecule has 6 aromatic rings. The summed E-state index contributed by atoms with van der Waals surface area (Å²) in [6.07, 6.45) is 0. The summed E-state index contributed by atoms with van der Waals surface area (Å²) in [4.78, 5) is 2.36. The lowest BCUT2D eigenvalue weighted by molar-refractivity contribution is 1.29. The van der Waals surface area contributed by atoms with Gasteiger partial charge in [-0.25, -0.2) is 0 Å². The largest absolute Gasteiger partial charge is 0.310 e. The maximum atomic E-state index is 3.68. The highest BCUT2D eigenvalue weighted by molar-refractivity contribution is 9.10. The molecule has 2 heteroatoms. The predicted octanol–water partition coefficient (Wildman–Crippen LogP) is 9.89. The SMILES string of the molecule is Brc1cccc(N(c2ccc3ccc4ccccc4c3c2)c2ccccc2-c2ccccc2)c1. The number of para-hydroxylation sites is 1. The van der Waals surface area contributed by atoms with Crippen molar-refractivity contribution in [3.63, 3.8) is 0 Å². The second-order valence-corrected chi connectivity index (χ2v) is 9.31. The first-order valence-corrected chi connectivity index (χ1v) is 12.2. The minimum atomic E-state index is 1.05. The van der Waals surface area contributed by atoms with Gasteiger partial charge < -0.3 is 4.90 Å². The van der Waals surface area contributed by atoms with Crippen LogP contribution in [-0.2, 0) is 0 Å². The van der Waals surface area contributed by atoms with E-state index in [9.17, 15) is 0 Å². The molecule has 0 unspecified atom stereocenters. The van der Waals surface area contributed by atoms with E-state index in [0.717, 1.165) is 21.5 Å². The molecule has 0 amide bonds. The molecule has 0 fully saturated rings. The van der Waals surface area contributed by atoms with E-state index < -0.39 is 0 Å². The van der Waals surface area contributed by atoms with E-state index in [4.69, 9.17) is 0 Å². The quantitative estimate of drug-likeness (QED) is 0.218. The van der Waals surface area contributed by atoms with Crippen molar-refractivity contribution in [3.8, 4) is 11.1 Å². The third-order valence-corrected chi connectivity index (χ3v) is 6.78. The lowest BCUT2D eigenvalue weighted by Gasteiger charge is -2.28. The van der Waals surface area contributed by atoms with Crippen LogP contribution in [0.25, 0.3) is 32.7 Å². The maximum Gasteiger partial charge on any atom is 0.0540 e. The van der Waals surface area contributed by atoms with Crippen LogP contribution in [0.15, 0.2) is 138 Å². The van der Waals surface area contributed by atoms with Gasteiger partial charge in [0.25, 0.3) is 0 Å². The monoisotopic (exact) mass is 499 g/mol. The second kappa shape index (κ2) is 8.81. The van der Waals surface area contributed by atoms with E-state index in [1.54, 1.807) is 0 Å². The summed E-state index contributed by atoms with van der Waals surface area (Å²) in [7, 11) is 0. The third-order valence-electron chi connectivity index (χ3n) is 6.28. The number of rotatable bonds is 4. The number of anilines is 3. The maximum absolute atomic E-state index is 3.68. The molecular formula is C32H22BrN. The highest BCUT2D eigenvalue weighted by Gasteiger charge is 2.17. The van der Waals surface area contributed by atoms with E-state index in [1.807, 2.05) is 0 Å². The average Bonchev–Trinajstić information content (AvgIpc) is 2.90. The molecule has 0 bridgehead atoms. The van der Waals surface area contributed by atoms with Gasteiger partial charge in [-0.2, -0.15) is 0 Å². The Hall–Kier alpha value is -3.88. The van der Waals surface area contributed by atoms with Crippen molar-refractivity contribution in [1.82, 2.24) is 0 Å². The van der Waals surface area contributed by atoms with Crippen LogP contribution in [0.2, 0.25) is 0 Å². The molecule has 6 aromatic carbocycles. The Morgan fingerprint density at radius 2 is 1.15 bits per heavy atom. The molecule has 1 nitrogen and oxygen atoms in total. The van der Waals surface area contributed by atoms with Crippen LogP contribution in [0.3, 0.4) is 0 Å². The Morgan fingerprint density at radius 3 is 2.00 bits per heavy atom. The normalized spacial score (nSPS) is 11.1. The van der Waals surface area contributed by atoms with Crippen LogP contribution in [0.5, 0.6) is 0 Å². The van der Waals surface area contributed by atoms with Gasteiger partial charge in [0.1, 0.15) is 0 Å². The van der Waals surface area contributed by atoms with E-state index in [-0.39, 0.29) is 0 Å². The van der Waals surface area contributed by atoms with Crippen LogP contribution in [0.4, 0.5) is 17.1 Å². The minimum Gasteiger partial charge on any atom is -0.310 e. The van der Waals surface area contributed by atoms with Crippen LogP contribution in [-0.4, -0.2) is 0 Å². The van der Waals surface area contributed by atoms with Crippen molar-refractivity contribution in [2.24, 2.45) is 0 Å². The number of fused-ring (bicyclic) bond motifs is 3. The van der Waals surface area contributed by atoms with Crippen LogP contribution in [0.1, 0.15) is 0 Å². The van der Waals surface area contributed by atoms with Crippen LogP contribution < -0.4 is 4.90 Å². The van der Waals surface area contributed by atoms with E-state index in [1.165, 1.54) is 32.7 Å². The molecule has 0 saturated carbocycles. The number of halogens is 1. The molecular weight excluding hydrogens is 478 g/mol. The van der Waals surface area contributed by atoms with Crippen molar-refractivity contribution in [1.29, 1.82) is 0 Å². The predicted molar refractivity (Wildman–Crippen MR) is 149 cm³/mol. The molecule has 0 N–H and O–H groups in total. The average molecular weight is 500 g/mol. The molecule has 0 radical (unpaired) electrons. The van der Waals surface area contributed by atoms with Gasteiger partial charge in [-0.3, -0.25) is 0 Å². The number of benzene rings is 6. The first-order valence-electron chi connectivity index (χ1n) is 11.4. The smallest absolute Gasteiger partial charge is 0.0540 e. The molecule has 162 valence electrons. The van der Waals surface area contributed by atoms with Crippen molar-refractivity contribution >= 4 is 54.5 Å².